The van der Waals surface area contributed by atoms with Gasteiger partial charge in [-0.15, -0.1) is 0 Å². The quantitative estimate of drug-likeness (QED) is 0.674. The predicted octanol–water partition coefficient (Wildman–Crippen LogP) is 1.49. The molecule has 0 heterocycles. The summed E-state index contributed by atoms with van der Waals surface area (Å²) in [4.78, 5) is 0.259. The SMILES string of the molecule is COc1ccc(S(=O)(=O)NCCCCCCN)cc1. The molecule has 0 aliphatic carbocycles. The van der Waals surface area contributed by atoms with Gasteiger partial charge < -0.3 is 10.5 Å². The molecule has 0 fully saturated rings. The second-order valence-electron chi connectivity index (χ2n) is 4.28. The largest absolute Gasteiger partial charge is 0.497 e. The van der Waals surface area contributed by atoms with E-state index in [9.17, 15) is 8.42 Å². The fourth-order valence-corrected chi connectivity index (χ4v) is 2.74. The molecular weight excluding hydrogens is 264 g/mol. The fourth-order valence-electron chi connectivity index (χ4n) is 1.67. The van der Waals surface area contributed by atoms with Crippen LogP contribution >= 0.6 is 0 Å². The van der Waals surface area contributed by atoms with Gasteiger partial charge in [-0.25, -0.2) is 13.1 Å². The number of nitrogens with two attached hydrogens (primary N) is 1. The molecule has 0 aliphatic heterocycles. The molecule has 0 saturated carbocycles. The lowest BCUT2D eigenvalue weighted by Gasteiger charge is -2.07. The highest BCUT2D eigenvalue weighted by atomic mass is 32.2. The Morgan fingerprint density at radius 2 is 1.74 bits per heavy atom. The van der Waals surface area contributed by atoms with E-state index in [0.717, 1.165) is 25.7 Å². The number of nitrogens with one attached hydrogen (secondary N) is 1. The van der Waals surface area contributed by atoms with Crippen LogP contribution in [0.3, 0.4) is 0 Å². The van der Waals surface area contributed by atoms with Crippen LogP contribution in [0.25, 0.3) is 0 Å². The molecule has 3 N–H and O–H groups in total. The minimum absolute atomic E-state index is 0.259. The Labute approximate surface area is 115 Å². The van der Waals surface area contributed by atoms with Gasteiger partial charge in [0, 0.05) is 6.54 Å². The van der Waals surface area contributed by atoms with Crippen molar-refractivity contribution in [2.75, 3.05) is 20.2 Å². The van der Waals surface area contributed by atoms with Crippen molar-refractivity contribution in [2.45, 2.75) is 30.6 Å². The molecule has 1 aromatic rings. The molecule has 0 aliphatic rings. The lowest BCUT2D eigenvalue weighted by molar-refractivity contribution is 0.414. The van der Waals surface area contributed by atoms with Crippen LogP contribution in [0.1, 0.15) is 25.7 Å². The molecule has 108 valence electrons. The summed E-state index contributed by atoms with van der Waals surface area (Å²) in [5, 5.41) is 0. The fraction of sp³-hybridized carbons (Fsp3) is 0.538. The number of methoxy groups -OCH3 is 1. The number of sulfonamides is 1. The van der Waals surface area contributed by atoms with Crippen molar-refractivity contribution in [1.82, 2.24) is 4.72 Å². The molecule has 0 radical (unpaired) electrons. The zero-order chi connectivity index (χ0) is 14.1. The van der Waals surface area contributed by atoms with Crippen LogP contribution in [0, 0.1) is 0 Å². The monoisotopic (exact) mass is 286 g/mol. The van der Waals surface area contributed by atoms with E-state index in [4.69, 9.17) is 10.5 Å². The number of unbranched alkanes of at least 4 members (excludes halogenated alkanes) is 3. The highest BCUT2D eigenvalue weighted by molar-refractivity contribution is 7.89. The first kappa shape index (κ1) is 15.9. The van der Waals surface area contributed by atoms with E-state index < -0.39 is 10.0 Å². The van der Waals surface area contributed by atoms with Crippen molar-refractivity contribution in [2.24, 2.45) is 5.73 Å². The van der Waals surface area contributed by atoms with Crippen molar-refractivity contribution >= 4 is 10.0 Å². The standard InChI is InChI=1S/C13H22N2O3S/c1-18-12-6-8-13(9-7-12)19(16,17)15-11-5-3-2-4-10-14/h6-9,15H,2-5,10-11,14H2,1H3. The van der Waals surface area contributed by atoms with E-state index in [1.165, 1.54) is 12.1 Å². The van der Waals surface area contributed by atoms with Crippen LogP contribution in [0.15, 0.2) is 29.2 Å². The van der Waals surface area contributed by atoms with Crippen molar-refractivity contribution in [3.63, 3.8) is 0 Å². The number of rotatable bonds is 9. The molecule has 1 aromatic carbocycles. The summed E-state index contributed by atoms with van der Waals surface area (Å²) >= 11 is 0. The smallest absolute Gasteiger partial charge is 0.240 e. The number of benzene rings is 1. The molecule has 0 spiro atoms. The van der Waals surface area contributed by atoms with Crippen LogP contribution < -0.4 is 15.2 Å². The van der Waals surface area contributed by atoms with E-state index >= 15 is 0 Å². The maximum absolute atomic E-state index is 11.9. The third-order valence-electron chi connectivity index (χ3n) is 2.79. The van der Waals surface area contributed by atoms with E-state index in [0.29, 0.717) is 18.8 Å². The highest BCUT2D eigenvalue weighted by Crippen LogP contribution is 2.15. The Balaban J connectivity index is 2.42. The molecule has 0 aromatic heterocycles. The van der Waals surface area contributed by atoms with Gasteiger partial charge in [-0.3, -0.25) is 0 Å². The Hall–Kier alpha value is -1.11. The molecule has 5 nitrogen and oxygen atoms in total. The lowest BCUT2D eigenvalue weighted by atomic mass is 10.2. The number of hydrogen-bond donors (Lipinski definition) is 2. The first-order valence-electron chi connectivity index (χ1n) is 6.44. The van der Waals surface area contributed by atoms with Gasteiger partial charge in [-0.2, -0.15) is 0 Å². The minimum atomic E-state index is -3.41. The Kier molecular flexibility index (Phi) is 6.83. The molecule has 0 amide bonds. The van der Waals surface area contributed by atoms with Gasteiger partial charge in [0.05, 0.1) is 12.0 Å². The van der Waals surface area contributed by atoms with Crippen LogP contribution in [0.5, 0.6) is 5.75 Å². The average Bonchev–Trinajstić information content (AvgIpc) is 2.43. The summed E-state index contributed by atoms with van der Waals surface area (Å²) in [7, 11) is -1.86. The Bertz CT molecular complexity index is 457. The van der Waals surface area contributed by atoms with Gasteiger partial charge in [-0.05, 0) is 43.7 Å². The highest BCUT2D eigenvalue weighted by Gasteiger charge is 2.12. The average molecular weight is 286 g/mol. The number of hydrogen-bond acceptors (Lipinski definition) is 4. The summed E-state index contributed by atoms with van der Waals surface area (Å²) in [6, 6.07) is 6.34. The minimum Gasteiger partial charge on any atom is -0.497 e. The van der Waals surface area contributed by atoms with Crippen LogP contribution in [-0.4, -0.2) is 28.6 Å². The van der Waals surface area contributed by atoms with E-state index in [2.05, 4.69) is 4.72 Å². The van der Waals surface area contributed by atoms with E-state index in [-0.39, 0.29) is 4.90 Å². The zero-order valence-electron chi connectivity index (χ0n) is 11.3. The molecule has 19 heavy (non-hydrogen) atoms. The second kappa shape index (κ2) is 8.14. The molecule has 6 heteroatoms. The van der Waals surface area contributed by atoms with Gasteiger partial charge in [0.25, 0.3) is 0 Å². The van der Waals surface area contributed by atoms with Gasteiger partial charge in [-0.1, -0.05) is 12.8 Å². The maximum Gasteiger partial charge on any atom is 0.240 e. The van der Waals surface area contributed by atoms with Gasteiger partial charge >= 0.3 is 0 Å². The maximum atomic E-state index is 11.9. The number of ether oxygens (including phenoxy) is 1. The van der Waals surface area contributed by atoms with Crippen molar-refractivity contribution in [3.05, 3.63) is 24.3 Å². The summed E-state index contributed by atoms with van der Waals surface area (Å²) in [5.74, 6) is 0.640. The van der Waals surface area contributed by atoms with Gasteiger partial charge in [0.1, 0.15) is 5.75 Å². The third kappa shape index (κ3) is 5.59. The van der Waals surface area contributed by atoms with E-state index in [1.807, 2.05) is 0 Å². The molecule has 0 bridgehead atoms. The van der Waals surface area contributed by atoms with Gasteiger partial charge in [0.2, 0.25) is 10.0 Å². The molecule has 1 rings (SSSR count). The van der Waals surface area contributed by atoms with Gasteiger partial charge in [0.15, 0.2) is 0 Å². The zero-order valence-corrected chi connectivity index (χ0v) is 12.1. The second-order valence-corrected chi connectivity index (χ2v) is 6.04. The van der Waals surface area contributed by atoms with Crippen molar-refractivity contribution < 1.29 is 13.2 Å². The summed E-state index contributed by atoms with van der Waals surface area (Å²) in [6.45, 7) is 1.15. The Morgan fingerprint density at radius 3 is 2.32 bits per heavy atom. The molecule has 0 atom stereocenters. The summed E-state index contributed by atoms with van der Waals surface area (Å²) in [5.41, 5.74) is 5.39. The summed E-state index contributed by atoms with van der Waals surface area (Å²) < 4.78 is 31.5. The topological polar surface area (TPSA) is 81.4 Å². The molecule has 0 saturated heterocycles. The normalized spacial score (nSPS) is 11.5. The third-order valence-corrected chi connectivity index (χ3v) is 4.27. The van der Waals surface area contributed by atoms with Crippen molar-refractivity contribution in [1.29, 1.82) is 0 Å². The summed E-state index contributed by atoms with van der Waals surface area (Å²) in [6.07, 6.45) is 3.85. The molecule has 0 unspecified atom stereocenters. The van der Waals surface area contributed by atoms with Crippen LogP contribution in [0.4, 0.5) is 0 Å². The van der Waals surface area contributed by atoms with Crippen LogP contribution in [0.2, 0.25) is 0 Å². The predicted molar refractivity (Wildman–Crippen MR) is 75.7 cm³/mol. The van der Waals surface area contributed by atoms with E-state index in [1.54, 1.807) is 19.2 Å². The first-order chi connectivity index (χ1) is 9.10. The van der Waals surface area contributed by atoms with Crippen molar-refractivity contribution in [3.8, 4) is 5.75 Å². The molecular formula is C13H22N2O3S. The lowest BCUT2D eigenvalue weighted by Crippen LogP contribution is -2.24. The first-order valence-corrected chi connectivity index (χ1v) is 7.92. The van der Waals surface area contributed by atoms with Crippen LogP contribution in [-0.2, 0) is 10.0 Å². The Morgan fingerprint density at radius 1 is 1.11 bits per heavy atom.